The Kier molecular flexibility index (Phi) is 7.68. The molecule has 0 saturated heterocycles. The molecule has 6 nitrogen and oxygen atoms in total. The third-order valence-corrected chi connectivity index (χ3v) is 5.82. The minimum absolute atomic E-state index is 0.139. The third kappa shape index (κ3) is 5.76. The molecule has 3 aromatic rings. The first-order valence-electron chi connectivity index (χ1n) is 9.81. The van der Waals surface area contributed by atoms with Crippen molar-refractivity contribution in [2.24, 2.45) is 0 Å². The summed E-state index contributed by atoms with van der Waals surface area (Å²) in [6.45, 7) is 2.05. The van der Waals surface area contributed by atoms with Gasteiger partial charge < -0.3 is 14.8 Å². The molecule has 0 aliphatic rings. The van der Waals surface area contributed by atoms with Gasteiger partial charge in [-0.2, -0.15) is 0 Å². The summed E-state index contributed by atoms with van der Waals surface area (Å²) in [6.07, 6.45) is 0. The van der Waals surface area contributed by atoms with Crippen LogP contribution < -0.4 is 5.32 Å². The van der Waals surface area contributed by atoms with Crippen LogP contribution in [0.2, 0.25) is 0 Å². The Morgan fingerprint density at radius 1 is 0.812 bits per heavy atom. The van der Waals surface area contributed by atoms with Crippen molar-refractivity contribution in [1.29, 1.82) is 0 Å². The summed E-state index contributed by atoms with van der Waals surface area (Å²) in [5, 5.41) is 2.69. The lowest BCUT2D eigenvalue weighted by molar-refractivity contribution is 0.0587. The predicted octanol–water partition coefficient (Wildman–Crippen LogP) is 5.11. The summed E-state index contributed by atoms with van der Waals surface area (Å²) < 4.78 is 9.48. The Morgan fingerprint density at radius 2 is 1.44 bits per heavy atom. The molecule has 164 valence electrons. The SMILES string of the molecule is COC(=O)c1ccc(C(=O)OC)c(NC(=O)c2ccc(CSc3ccc(C)cc3)cc2)c1. The van der Waals surface area contributed by atoms with Gasteiger partial charge in [-0.25, -0.2) is 9.59 Å². The second-order valence-electron chi connectivity index (χ2n) is 7.00. The largest absolute Gasteiger partial charge is 0.465 e. The average Bonchev–Trinajstić information content (AvgIpc) is 2.83. The number of aryl methyl sites for hydroxylation is 1. The van der Waals surface area contributed by atoms with Gasteiger partial charge in [0.15, 0.2) is 0 Å². The number of methoxy groups -OCH3 is 2. The van der Waals surface area contributed by atoms with Gasteiger partial charge in [0.1, 0.15) is 0 Å². The number of hydrogen-bond donors (Lipinski definition) is 1. The zero-order valence-corrected chi connectivity index (χ0v) is 18.8. The molecular weight excluding hydrogens is 426 g/mol. The van der Waals surface area contributed by atoms with E-state index in [4.69, 9.17) is 9.47 Å². The highest BCUT2D eigenvalue weighted by Crippen LogP contribution is 2.24. The fourth-order valence-corrected chi connectivity index (χ4v) is 3.78. The van der Waals surface area contributed by atoms with E-state index in [9.17, 15) is 14.4 Å². The van der Waals surface area contributed by atoms with Gasteiger partial charge in [-0.1, -0.05) is 29.8 Å². The standard InChI is InChI=1S/C25H23NO5S/c1-16-4-11-20(12-5-16)32-15-17-6-8-18(9-7-17)23(27)26-22-14-19(24(28)30-2)10-13-21(22)25(29)31-3/h4-14H,15H2,1-3H3,(H,26,27). The minimum atomic E-state index is -0.625. The van der Waals surface area contributed by atoms with Crippen molar-refractivity contribution in [2.45, 2.75) is 17.6 Å². The molecular formula is C25H23NO5S. The number of carbonyl (C=O) groups is 3. The summed E-state index contributed by atoms with van der Waals surface area (Å²) >= 11 is 1.72. The molecule has 0 heterocycles. The Morgan fingerprint density at radius 3 is 2.06 bits per heavy atom. The van der Waals surface area contributed by atoms with Gasteiger partial charge in [-0.3, -0.25) is 4.79 Å². The van der Waals surface area contributed by atoms with Crippen molar-refractivity contribution in [1.82, 2.24) is 0 Å². The second-order valence-corrected chi connectivity index (χ2v) is 8.05. The number of ether oxygens (including phenoxy) is 2. The van der Waals surface area contributed by atoms with Gasteiger partial charge in [0.05, 0.1) is 31.0 Å². The quantitative estimate of drug-likeness (QED) is 0.399. The fourth-order valence-electron chi connectivity index (χ4n) is 2.93. The van der Waals surface area contributed by atoms with Crippen molar-refractivity contribution in [3.8, 4) is 0 Å². The highest BCUT2D eigenvalue weighted by Gasteiger charge is 2.18. The van der Waals surface area contributed by atoms with Crippen LogP contribution in [-0.2, 0) is 15.2 Å². The van der Waals surface area contributed by atoms with Crippen molar-refractivity contribution >= 4 is 35.3 Å². The molecule has 32 heavy (non-hydrogen) atoms. The molecule has 0 radical (unpaired) electrons. The molecule has 3 rings (SSSR count). The van der Waals surface area contributed by atoms with Gasteiger partial charge in [-0.05, 0) is 55.0 Å². The maximum atomic E-state index is 12.8. The number of rotatable bonds is 7. The topological polar surface area (TPSA) is 81.7 Å². The van der Waals surface area contributed by atoms with E-state index < -0.39 is 17.8 Å². The summed E-state index contributed by atoms with van der Waals surface area (Å²) in [7, 11) is 2.50. The Balaban J connectivity index is 1.72. The molecule has 0 aromatic heterocycles. The van der Waals surface area contributed by atoms with E-state index in [-0.39, 0.29) is 16.8 Å². The van der Waals surface area contributed by atoms with E-state index in [2.05, 4.69) is 36.5 Å². The van der Waals surface area contributed by atoms with E-state index in [1.54, 1.807) is 23.9 Å². The molecule has 0 fully saturated rings. The summed E-state index contributed by atoms with van der Waals surface area (Å²) in [5.41, 5.74) is 3.24. The molecule has 0 saturated carbocycles. The number of nitrogens with one attached hydrogen (secondary N) is 1. The molecule has 1 N–H and O–H groups in total. The second kappa shape index (κ2) is 10.6. The van der Waals surface area contributed by atoms with Gasteiger partial charge in [0, 0.05) is 16.2 Å². The molecule has 0 bridgehead atoms. The smallest absolute Gasteiger partial charge is 0.339 e. The van der Waals surface area contributed by atoms with Crippen LogP contribution in [0, 0.1) is 6.92 Å². The van der Waals surface area contributed by atoms with E-state index in [1.807, 2.05) is 12.1 Å². The highest BCUT2D eigenvalue weighted by molar-refractivity contribution is 7.98. The van der Waals surface area contributed by atoms with Crippen LogP contribution in [-0.4, -0.2) is 32.1 Å². The zero-order chi connectivity index (χ0) is 23.1. The van der Waals surface area contributed by atoms with Gasteiger partial charge in [-0.15, -0.1) is 11.8 Å². The molecule has 0 aliphatic carbocycles. The van der Waals surface area contributed by atoms with Crippen LogP contribution in [0.1, 0.15) is 42.2 Å². The van der Waals surface area contributed by atoms with Crippen molar-refractivity contribution in [2.75, 3.05) is 19.5 Å². The van der Waals surface area contributed by atoms with Crippen LogP contribution in [0.25, 0.3) is 0 Å². The van der Waals surface area contributed by atoms with Gasteiger partial charge in [0.2, 0.25) is 0 Å². The highest BCUT2D eigenvalue weighted by atomic mass is 32.2. The fraction of sp³-hybridized carbons (Fsp3) is 0.160. The number of thioether (sulfide) groups is 1. The van der Waals surface area contributed by atoms with Crippen LogP contribution in [0.15, 0.2) is 71.6 Å². The number of benzene rings is 3. The minimum Gasteiger partial charge on any atom is -0.465 e. The van der Waals surface area contributed by atoms with Crippen LogP contribution in [0.3, 0.4) is 0 Å². The number of amides is 1. The molecule has 0 spiro atoms. The lowest BCUT2D eigenvalue weighted by atomic mass is 10.1. The first-order valence-corrected chi connectivity index (χ1v) is 10.8. The molecule has 1 amide bonds. The normalized spacial score (nSPS) is 10.3. The van der Waals surface area contributed by atoms with Crippen molar-refractivity contribution in [3.05, 3.63) is 94.5 Å². The predicted molar refractivity (Wildman–Crippen MR) is 124 cm³/mol. The summed E-state index contributed by atoms with van der Waals surface area (Å²) in [5.74, 6) is -0.832. The monoisotopic (exact) mass is 449 g/mol. The van der Waals surface area contributed by atoms with Crippen molar-refractivity contribution < 1.29 is 23.9 Å². The number of anilines is 1. The van der Waals surface area contributed by atoms with Crippen LogP contribution in [0.4, 0.5) is 5.69 Å². The zero-order valence-electron chi connectivity index (χ0n) is 18.0. The van der Waals surface area contributed by atoms with E-state index in [1.165, 1.54) is 42.9 Å². The maximum Gasteiger partial charge on any atom is 0.339 e. The van der Waals surface area contributed by atoms with Gasteiger partial charge >= 0.3 is 11.9 Å². The van der Waals surface area contributed by atoms with E-state index >= 15 is 0 Å². The lowest BCUT2D eigenvalue weighted by Gasteiger charge is -2.12. The molecule has 7 heteroatoms. The Bertz CT molecular complexity index is 1120. The molecule has 0 unspecified atom stereocenters. The average molecular weight is 450 g/mol. The first-order chi connectivity index (χ1) is 15.4. The van der Waals surface area contributed by atoms with E-state index in [0.717, 1.165) is 11.3 Å². The third-order valence-electron chi connectivity index (χ3n) is 4.74. The molecule has 3 aromatic carbocycles. The maximum absolute atomic E-state index is 12.8. The molecule has 0 aliphatic heterocycles. The first kappa shape index (κ1) is 23.1. The summed E-state index contributed by atoms with van der Waals surface area (Å²) in [4.78, 5) is 37.8. The summed E-state index contributed by atoms with van der Waals surface area (Å²) in [6, 6.07) is 19.8. The lowest BCUT2D eigenvalue weighted by Crippen LogP contribution is -2.16. The number of carbonyl (C=O) groups excluding carboxylic acids is 3. The number of esters is 2. The van der Waals surface area contributed by atoms with Crippen molar-refractivity contribution in [3.63, 3.8) is 0 Å². The van der Waals surface area contributed by atoms with E-state index in [0.29, 0.717) is 5.56 Å². The van der Waals surface area contributed by atoms with Gasteiger partial charge in [0.25, 0.3) is 5.91 Å². The van der Waals surface area contributed by atoms with Crippen LogP contribution in [0.5, 0.6) is 0 Å². The molecule has 0 atom stereocenters. The van der Waals surface area contributed by atoms with Crippen LogP contribution >= 0.6 is 11.8 Å². The Hall–Kier alpha value is -3.58. The number of hydrogen-bond acceptors (Lipinski definition) is 6. The Labute approximate surface area is 190 Å².